The summed E-state index contributed by atoms with van der Waals surface area (Å²) >= 11 is 0. The standard InChI is InChI=1S/C26H30N2O5/c1-32-21-8-3-5-18(15-21)9-12-27-23(29)22-17-26(22)10-13-28(14-11-26)24(30)19-6-4-7-20(16-19)25(31)33-2/h3-8,15-16,22H,9-14,17H2,1-2H3,(H,27,29). The van der Waals surface area contributed by atoms with Crippen molar-refractivity contribution >= 4 is 17.8 Å². The SMILES string of the molecule is COC(=O)c1cccc(C(=O)N2CCC3(CC2)CC3C(=O)NCCc2cccc(OC)c2)c1. The van der Waals surface area contributed by atoms with E-state index in [2.05, 4.69) is 5.32 Å². The zero-order valence-electron chi connectivity index (χ0n) is 19.1. The molecule has 1 unspecified atom stereocenters. The molecule has 1 saturated carbocycles. The molecule has 7 nitrogen and oxygen atoms in total. The van der Waals surface area contributed by atoms with E-state index in [-0.39, 0.29) is 23.1 Å². The van der Waals surface area contributed by atoms with Gasteiger partial charge < -0.3 is 19.7 Å². The maximum Gasteiger partial charge on any atom is 0.337 e. The number of carbonyl (C=O) groups excluding carboxylic acids is 3. The minimum Gasteiger partial charge on any atom is -0.497 e. The van der Waals surface area contributed by atoms with Crippen molar-refractivity contribution in [3.63, 3.8) is 0 Å². The van der Waals surface area contributed by atoms with Crippen molar-refractivity contribution in [2.45, 2.75) is 25.7 Å². The highest BCUT2D eigenvalue weighted by atomic mass is 16.5. The van der Waals surface area contributed by atoms with E-state index in [1.165, 1.54) is 7.11 Å². The number of nitrogens with zero attached hydrogens (tertiary/aromatic N) is 1. The molecule has 4 rings (SSSR count). The predicted molar refractivity (Wildman–Crippen MR) is 123 cm³/mol. The number of likely N-dealkylation sites (tertiary alicyclic amines) is 1. The molecule has 2 fully saturated rings. The van der Waals surface area contributed by atoms with Crippen molar-refractivity contribution in [1.29, 1.82) is 0 Å². The van der Waals surface area contributed by atoms with Crippen molar-refractivity contribution in [3.8, 4) is 5.75 Å². The lowest BCUT2D eigenvalue weighted by atomic mass is 9.90. The number of ether oxygens (including phenoxy) is 2. The van der Waals surface area contributed by atoms with Gasteiger partial charge in [0.25, 0.3) is 5.91 Å². The number of rotatable bonds is 7. The van der Waals surface area contributed by atoms with E-state index in [1.807, 2.05) is 29.2 Å². The second-order valence-electron chi connectivity index (χ2n) is 8.88. The second-order valence-corrected chi connectivity index (χ2v) is 8.88. The van der Waals surface area contributed by atoms with Gasteiger partial charge in [-0.15, -0.1) is 0 Å². The van der Waals surface area contributed by atoms with Crippen LogP contribution in [0.15, 0.2) is 48.5 Å². The van der Waals surface area contributed by atoms with Gasteiger partial charge in [0, 0.05) is 31.1 Å². The van der Waals surface area contributed by atoms with Crippen molar-refractivity contribution in [2.75, 3.05) is 33.9 Å². The van der Waals surface area contributed by atoms with Crippen LogP contribution < -0.4 is 10.1 Å². The quantitative estimate of drug-likeness (QED) is 0.656. The molecule has 0 radical (unpaired) electrons. The van der Waals surface area contributed by atoms with Gasteiger partial charge in [0.2, 0.25) is 5.91 Å². The first-order valence-corrected chi connectivity index (χ1v) is 11.3. The third-order valence-corrected chi connectivity index (χ3v) is 6.93. The molecule has 2 amide bonds. The van der Waals surface area contributed by atoms with Gasteiger partial charge in [-0.2, -0.15) is 0 Å². The van der Waals surface area contributed by atoms with E-state index in [0.717, 1.165) is 37.0 Å². The highest BCUT2D eigenvalue weighted by Gasteiger charge is 2.58. The van der Waals surface area contributed by atoms with Crippen LogP contribution in [0.4, 0.5) is 0 Å². The maximum absolute atomic E-state index is 12.9. The Morgan fingerprint density at radius 1 is 1.03 bits per heavy atom. The third kappa shape index (κ3) is 5.02. The molecule has 1 saturated heterocycles. The van der Waals surface area contributed by atoms with Crippen LogP contribution in [-0.2, 0) is 16.0 Å². The van der Waals surface area contributed by atoms with Crippen LogP contribution in [-0.4, -0.2) is 56.5 Å². The van der Waals surface area contributed by atoms with Gasteiger partial charge in [-0.1, -0.05) is 18.2 Å². The van der Waals surface area contributed by atoms with Gasteiger partial charge in [0.05, 0.1) is 19.8 Å². The Bertz CT molecular complexity index is 1040. The number of piperidine rings is 1. The van der Waals surface area contributed by atoms with Crippen LogP contribution in [0.25, 0.3) is 0 Å². The summed E-state index contributed by atoms with van der Waals surface area (Å²) in [5.74, 6) is 0.417. The summed E-state index contributed by atoms with van der Waals surface area (Å²) in [6.45, 7) is 1.84. The van der Waals surface area contributed by atoms with Crippen LogP contribution in [0.1, 0.15) is 45.5 Å². The number of benzene rings is 2. The van der Waals surface area contributed by atoms with Gasteiger partial charge in [-0.25, -0.2) is 4.79 Å². The fourth-order valence-electron chi connectivity index (χ4n) is 4.79. The smallest absolute Gasteiger partial charge is 0.337 e. The first kappa shape index (κ1) is 22.8. The fourth-order valence-corrected chi connectivity index (χ4v) is 4.79. The highest BCUT2D eigenvalue weighted by Crippen LogP contribution is 2.59. The third-order valence-electron chi connectivity index (χ3n) is 6.93. The minimum absolute atomic E-state index is 0.0185. The fraction of sp³-hybridized carbons (Fsp3) is 0.423. The maximum atomic E-state index is 12.9. The zero-order chi connectivity index (χ0) is 23.4. The van der Waals surface area contributed by atoms with Gasteiger partial charge >= 0.3 is 5.97 Å². The average Bonchev–Trinajstić information content (AvgIpc) is 3.56. The van der Waals surface area contributed by atoms with Crippen LogP contribution in [0.3, 0.4) is 0 Å². The normalized spacial score (nSPS) is 18.5. The van der Waals surface area contributed by atoms with Crippen molar-refractivity contribution in [2.24, 2.45) is 11.3 Å². The Morgan fingerprint density at radius 3 is 2.48 bits per heavy atom. The summed E-state index contributed by atoms with van der Waals surface area (Å²) in [6, 6.07) is 14.5. The summed E-state index contributed by atoms with van der Waals surface area (Å²) in [4.78, 5) is 39.2. The van der Waals surface area contributed by atoms with E-state index in [0.29, 0.717) is 30.8 Å². The van der Waals surface area contributed by atoms with Crippen LogP contribution in [0, 0.1) is 11.3 Å². The zero-order valence-corrected chi connectivity index (χ0v) is 19.1. The largest absolute Gasteiger partial charge is 0.497 e. The van der Waals surface area contributed by atoms with Crippen molar-refractivity contribution in [1.82, 2.24) is 10.2 Å². The number of amides is 2. The summed E-state index contributed by atoms with van der Waals surface area (Å²) in [7, 11) is 2.97. The number of hydrogen-bond acceptors (Lipinski definition) is 5. The molecule has 7 heteroatoms. The van der Waals surface area contributed by atoms with Gasteiger partial charge in [-0.05, 0) is 67.0 Å². The molecule has 174 valence electrons. The molecule has 2 aromatic carbocycles. The Morgan fingerprint density at radius 2 is 1.76 bits per heavy atom. The summed E-state index contributed by atoms with van der Waals surface area (Å²) in [6.07, 6.45) is 3.29. The predicted octanol–water partition coefficient (Wildman–Crippen LogP) is 3.08. The Kier molecular flexibility index (Phi) is 6.67. The Labute approximate surface area is 194 Å². The average molecular weight is 451 g/mol. The molecule has 33 heavy (non-hydrogen) atoms. The van der Waals surface area contributed by atoms with Crippen LogP contribution >= 0.6 is 0 Å². The van der Waals surface area contributed by atoms with Gasteiger partial charge in [0.15, 0.2) is 0 Å². The number of methoxy groups -OCH3 is 2. The van der Waals surface area contributed by atoms with E-state index in [1.54, 1.807) is 31.4 Å². The molecule has 1 aliphatic carbocycles. The van der Waals surface area contributed by atoms with Crippen molar-refractivity contribution < 1.29 is 23.9 Å². The number of hydrogen-bond donors (Lipinski definition) is 1. The topological polar surface area (TPSA) is 84.9 Å². The molecule has 1 spiro atoms. The first-order valence-electron chi connectivity index (χ1n) is 11.3. The van der Waals surface area contributed by atoms with Crippen LogP contribution in [0.2, 0.25) is 0 Å². The van der Waals surface area contributed by atoms with Crippen molar-refractivity contribution in [3.05, 3.63) is 65.2 Å². The van der Waals surface area contributed by atoms with Gasteiger partial charge in [0.1, 0.15) is 5.75 Å². The molecule has 0 aromatic heterocycles. The number of carbonyl (C=O) groups is 3. The Balaban J connectivity index is 1.25. The molecule has 1 aliphatic heterocycles. The highest BCUT2D eigenvalue weighted by molar-refractivity contribution is 5.98. The number of nitrogens with one attached hydrogen (secondary N) is 1. The molecule has 0 bridgehead atoms. The van der Waals surface area contributed by atoms with Crippen LogP contribution in [0.5, 0.6) is 5.75 Å². The van der Waals surface area contributed by atoms with E-state index in [4.69, 9.17) is 9.47 Å². The second kappa shape index (κ2) is 9.65. The number of esters is 1. The summed E-state index contributed by atoms with van der Waals surface area (Å²) in [5, 5.41) is 3.08. The molecular weight excluding hydrogens is 420 g/mol. The lowest BCUT2D eigenvalue weighted by Gasteiger charge is -2.33. The van der Waals surface area contributed by atoms with E-state index < -0.39 is 5.97 Å². The molecular formula is C26H30N2O5. The summed E-state index contributed by atoms with van der Waals surface area (Å²) < 4.78 is 9.99. The van der Waals surface area contributed by atoms with E-state index >= 15 is 0 Å². The Hall–Kier alpha value is -3.35. The molecule has 1 N–H and O–H groups in total. The first-order chi connectivity index (χ1) is 16.0. The minimum atomic E-state index is -0.458. The van der Waals surface area contributed by atoms with E-state index in [9.17, 15) is 14.4 Å². The van der Waals surface area contributed by atoms with Gasteiger partial charge in [-0.3, -0.25) is 9.59 Å². The molecule has 2 aliphatic rings. The molecule has 1 heterocycles. The lowest BCUT2D eigenvalue weighted by molar-refractivity contribution is -0.123. The molecule has 1 atom stereocenters. The summed E-state index contributed by atoms with van der Waals surface area (Å²) in [5.41, 5.74) is 1.99. The monoisotopic (exact) mass is 450 g/mol. The lowest BCUT2D eigenvalue weighted by Crippen LogP contribution is -2.40. The molecule has 2 aromatic rings.